The summed E-state index contributed by atoms with van der Waals surface area (Å²) in [6, 6.07) is 0. The van der Waals surface area contributed by atoms with Crippen LogP contribution in [0.5, 0.6) is 0 Å². The number of hydrogen-bond donors (Lipinski definition) is 0. The molecule has 0 saturated heterocycles. The molecule has 0 fully saturated rings. The third kappa shape index (κ3) is 6.67. The zero-order chi connectivity index (χ0) is 17.2. The Kier molecular flexibility index (Phi) is 9.86. The van der Waals surface area contributed by atoms with Crippen molar-refractivity contribution in [2.24, 2.45) is 11.3 Å². The zero-order valence-electron chi connectivity index (χ0n) is 14.9. The summed E-state index contributed by atoms with van der Waals surface area (Å²) in [6.45, 7) is 12.0. The lowest BCUT2D eigenvalue weighted by Crippen LogP contribution is -2.44. The van der Waals surface area contributed by atoms with Gasteiger partial charge < -0.3 is 14.2 Å². The van der Waals surface area contributed by atoms with Gasteiger partial charge in [-0.15, -0.1) is 0 Å². The number of hydrogen-bond acceptors (Lipinski definition) is 5. The minimum absolute atomic E-state index is 0.248. The molecule has 0 amide bonds. The van der Waals surface area contributed by atoms with Crippen molar-refractivity contribution in [3.8, 4) is 0 Å². The molecule has 5 heteroatoms. The first-order valence-corrected chi connectivity index (χ1v) is 8.32. The van der Waals surface area contributed by atoms with Crippen LogP contribution < -0.4 is 0 Å². The molecule has 0 aliphatic carbocycles. The fourth-order valence-corrected chi connectivity index (χ4v) is 2.37. The zero-order valence-corrected chi connectivity index (χ0v) is 14.9. The highest BCUT2D eigenvalue weighted by atomic mass is 16.7. The number of unbranched alkanes of at least 4 members (excludes halogenated alkanes) is 1. The van der Waals surface area contributed by atoms with Crippen LogP contribution in [0.25, 0.3) is 0 Å². The highest BCUT2D eigenvalue weighted by Crippen LogP contribution is 2.36. The lowest BCUT2D eigenvalue weighted by molar-refractivity contribution is -0.164. The maximum Gasteiger partial charge on any atom is 0.508 e. The highest BCUT2D eigenvalue weighted by Gasteiger charge is 2.45. The van der Waals surface area contributed by atoms with Crippen molar-refractivity contribution in [2.75, 3.05) is 13.2 Å². The second kappa shape index (κ2) is 10.5. The third-order valence-corrected chi connectivity index (χ3v) is 3.69. The molecule has 0 aromatic heterocycles. The van der Waals surface area contributed by atoms with Crippen molar-refractivity contribution >= 4 is 12.1 Å². The average Bonchev–Trinajstić information content (AvgIpc) is 2.44. The molecule has 0 aromatic carbocycles. The molecule has 0 radical (unpaired) electrons. The van der Waals surface area contributed by atoms with Crippen LogP contribution in [0.3, 0.4) is 0 Å². The molecular formula is C17H32O5. The van der Waals surface area contributed by atoms with Crippen molar-refractivity contribution in [2.45, 2.75) is 73.3 Å². The van der Waals surface area contributed by atoms with Gasteiger partial charge in [0, 0.05) is 0 Å². The quantitative estimate of drug-likeness (QED) is 0.561. The second-order valence-electron chi connectivity index (χ2n) is 6.16. The van der Waals surface area contributed by atoms with E-state index in [2.05, 4.69) is 6.92 Å². The molecule has 0 rings (SSSR count). The van der Waals surface area contributed by atoms with Gasteiger partial charge in [0.05, 0.1) is 13.2 Å². The van der Waals surface area contributed by atoms with Crippen molar-refractivity contribution in [1.82, 2.24) is 0 Å². The van der Waals surface area contributed by atoms with E-state index in [9.17, 15) is 9.59 Å². The maximum atomic E-state index is 12.5. The van der Waals surface area contributed by atoms with E-state index in [1.165, 1.54) is 0 Å². The maximum absolute atomic E-state index is 12.5. The summed E-state index contributed by atoms with van der Waals surface area (Å²) in [5, 5.41) is 0. The van der Waals surface area contributed by atoms with Gasteiger partial charge in [-0.1, -0.05) is 33.6 Å². The van der Waals surface area contributed by atoms with E-state index in [1.807, 2.05) is 20.8 Å². The Labute approximate surface area is 134 Å². The minimum Gasteiger partial charge on any atom is -0.465 e. The summed E-state index contributed by atoms with van der Waals surface area (Å²) < 4.78 is 15.6. The number of ether oxygens (including phenoxy) is 3. The number of carbonyl (C=O) groups is 2. The predicted octanol–water partition coefficient (Wildman–Crippen LogP) is 4.33. The summed E-state index contributed by atoms with van der Waals surface area (Å²) in [6.07, 6.45) is 1.79. The molecule has 0 bridgehead atoms. The van der Waals surface area contributed by atoms with Crippen LogP contribution in [0.1, 0.15) is 67.2 Å². The second-order valence-corrected chi connectivity index (χ2v) is 6.16. The monoisotopic (exact) mass is 316 g/mol. The molecule has 0 N–H and O–H groups in total. The van der Waals surface area contributed by atoms with E-state index in [0.29, 0.717) is 19.4 Å². The van der Waals surface area contributed by atoms with E-state index in [-0.39, 0.29) is 18.5 Å². The molecule has 5 nitrogen and oxygen atoms in total. The molecule has 0 aliphatic heterocycles. The van der Waals surface area contributed by atoms with Gasteiger partial charge >= 0.3 is 12.1 Å². The molecular weight excluding hydrogens is 284 g/mol. The van der Waals surface area contributed by atoms with Crippen molar-refractivity contribution in [3.63, 3.8) is 0 Å². The van der Waals surface area contributed by atoms with Gasteiger partial charge in [0.2, 0.25) is 0 Å². The lowest BCUT2D eigenvalue weighted by Gasteiger charge is -2.35. The van der Waals surface area contributed by atoms with E-state index in [0.717, 1.165) is 12.8 Å². The summed E-state index contributed by atoms with van der Waals surface area (Å²) in [4.78, 5) is 24.2. The molecule has 130 valence electrons. The minimum atomic E-state index is -0.844. The Hall–Kier alpha value is -1.26. The van der Waals surface area contributed by atoms with Crippen molar-refractivity contribution < 1.29 is 23.8 Å². The van der Waals surface area contributed by atoms with Gasteiger partial charge in [-0.3, -0.25) is 4.79 Å². The fraction of sp³-hybridized carbons (Fsp3) is 0.882. The number of esters is 1. The first-order valence-electron chi connectivity index (χ1n) is 8.32. The first-order chi connectivity index (χ1) is 10.3. The Morgan fingerprint density at radius 1 is 1.05 bits per heavy atom. The third-order valence-electron chi connectivity index (χ3n) is 3.69. The van der Waals surface area contributed by atoms with E-state index in [4.69, 9.17) is 14.2 Å². The molecule has 0 saturated carbocycles. The van der Waals surface area contributed by atoms with Crippen LogP contribution >= 0.6 is 0 Å². The van der Waals surface area contributed by atoms with Gasteiger partial charge in [0.25, 0.3) is 0 Å². The first kappa shape index (κ1) is 20.7. The van der Waals surface area contributed by atoms with Gasteiger partial charge in [0.15, 0.2) is 0 Å². The van der Waals surface area contributed by atoms with E-state index in [1.54, 1.807) is 13.8 Å². The number of carbonyl (C=O) groups excluding carboxylic acids is 2. The SMILES string of the molecule is CCCCC(C)(C(=O)OCC)C(CC(C)C)OC(=O)OCC. The molecule has 0 aliphatic rings. The largest absolute Gasteiger partial charge is 0.508 e. The van der Waals surface area contributed by atoms with Gasteiger partial charge in [0.1, 0.15) is 11.5 Å². The van der Waals surface area contributed by atoms with Gasteiger partial charge in [-0.25, -0.2) is 4.79 Å². The van der Waals surface area contributed by atoms with Gasteiger partial charge in [-0.05, 0) is 39.5 Å². The lowest BCUT2D eigenvalue weighted by atomic mass is 9.76. The molecule has 22 heavy (non-hydrogen) atoms. The van der Waals surface area contributed by atoms with Gasteiger partial charge in [-0.2, -0.15) is 0 Å². The highest BCUT2D eigenvalue weighted by molar-refractivity contribution is 5.77. The molecule has 0 aromatic rings. The average molecular weight is 316 g/mol. The van der Waals surface area contributed by atoms with Crippen LogP contribution in [-0.2, 0) is 19.0 Å². The number of rotatable bonds is 10. The topological polar surface area (TPSA) is 61.8 Å². The van der Waals surface area contributed by atoms with Crippen LogP contribution in [0.4, 0.5) is 4.79 Å². The molecule has 2 unspecified atom stereocenters. The van der Waals surface area contributed by atoms with Crippen molar-refractivity contribution in [3.05, 3.63) is 0 Å². The standard InChI is InChI=1S/C17H32O5/c1-7-10-11-17(6,15(18)20-8-2)14(12-13(4)5)22-16(19)21-9-3/h13-14H,7-12H2,1-6H3. The van der Waals surface area contributed by atoms with E-state index >= 15 is 0 Å². The molecule has 0 spiro atoms. The smallest absolute Gasteiger partial charge is 0.465 e. The summed E-state index contributed by atoms with van der Waals surface area (Å²) in [7, 11) is 0. The Morgan fingerprint density at radius 2 is 1.64 bits per heavy atom. The molecule has 2 atom stereocenters. The Bertz CT molecular complexity index is 340. The summed E-state index contributed by atoms with van der Waals surface area (Å²) >= 11 is 0. The van der Waals surface area contributed by atoms with Crippen LogP contribution in [0.15, 0.2) is 0 Å². The normalized spacial score (nSPS) is 15.0. The Morgan fingerprint density at radius 3 is 2.09 bits per heavy atom. The fourth-order valence-electron chi connectivity index (χ4n) is 2.37. The molecule has 0 heterocycles. The van der Waals surface area contributed by atoms with Crippen LogP contribution in [-0.4, -0.2) is 31.4 Å². The Balaban J connectivity index is 5.31. The van der Waals surface area contributed by atoms with Crippen LogP contribution in [0.2, 0.25) is 0 Å². The summed E-state index contributed by atoms with van der Waals surface area (Å²) in [5.74, 6) is -0.0202. The van der Waals surface area contributed by atoms with Crippen molar-refractivity contribution in [1.29, 1.82) is 0 Å². The predicted molar refractivity (Wildman–Crippen MR) is 85.6 cm³/mol. The summed E-state index contributed by atoms with van der Waals surface area (Å²) in [5.41, 5.74) is -0.844. The van der Waals surface area contributed by atoms with E-state index < -0.39 is 17.7 Å². The van der Waals surface area contributed by atoms with Crippen LogP contribution in [0, 0.1) is 11.3 Å².